The van der Waals surface area contributed by atoms with E-state index in [1.807, 2.05) is 42.5 Å². The largest absolute Gasteiger partial charge is 0.478 e. The molecular formula is C35H30Cl2O4. The second kappa shape index (κ2) is 12.3. The minimum absolute atomic E-state index is 0.0681. The molecule has 0 fully saturated rings. The third-order valence-electron chi connectivity index (χ3n) is 7.91. The number of benzene rings is 4. The average molecular weight is 586 g/mol. The summed E-state index contributed by atoms with van der Waals surface area (Å²) in [6.07, 6.45) is 7.64. The number of hydrogen-bond acceptors (Lipinski definition) is 2. The number of aromatic carboxylic acids is 2. The predicted molar refractivity (Wildman–Crippen MR) is 164 cm³/mol. The summed E-state index contributed by atoms with van der Waals surface area (Å²) in [5, 5.41) is 25.6. The highest BCUT2D eigenvalue weighted by Crippen LogP contribution is 2.32. The number of carbonyl (C=O) groups is 2. The van der Waals surface area contributed by atoms with Crippen LogP contribution in [0.4, 0.5) is 0 Å². The Morgan fingerprint density at radius 2 is 1.46 bits per heavy atom. The lowest BCUT2D eigenvalue weighted by Crippen LogP contribution is -2.26. The van der Waals surface area contributed by atoms with Crippen molar-refractivity contribution in [3.05, 3.63) is 138 Å². The maximum absolute atomic E-state index is 11.8. The molecule has 4 nitrogen and oxygen atoms in total. The Kier molecular flexibility index (Phi) is 8.63. The summed E-state index contributed by atoms with van der Waals surface area (Å²) in [6, 6.07) is 24.3. The molecule has 0 radical (unpaired) electrons. The maximum atomic E-state index is 11.8. The molecule has 0 aliphatic heterocycles. The number of carboxylic acids is 2. The van der Waals surface area contributed by atoms with Crippen LogP contribution in [-0.2, 0) is 12.8 Å². The second-order valence-corrected chi connectivity index (χ2v) is 11.3. The van der Waals surface area contributed by atoms with Crippen molar-refractivity contribution in [2.24, 2.45) is 5.92 Å². The smallest absolute Gasteiger partial charge is 0.335 e. The highest BCUT2D eigenvalue weighted by atomic mass is 35.5. The maximum Gasteiger partial charge on any atom is 0.335 e. The minimum atomic E-state index is -1.10. The van der Waals surface area contributed by atoms with Gasteiger partial charge in [-0.3, -0.25) is 0 Å². The monoisotopic (exact) mass is 584 g/mol. The van der Waals surface area contributed by atoms with Crippen molar-refractivity contribution in [3.63, 3.8) is 0 Å². The van der Waals surface area contributed by atoms with Crippen LogP contribution in [0, 0.1) is 16.4 Å². The van der Waals surface area contributed by atoms with Gasteiger partial charge in [-0.25, -0.2) is 9.59 Å². The molecule has 0 heterocycles. The third-order valence-corrected chi connectivity index (χ3v) is 8.39. The van der Waals surface area contributed by atoms with Crippen molar-refractivity contribution in [1.82, 2.24) is 0 Å². The Bertz CT molecular complexity index is 1820. The molecule has 2 unspecified atom stereocenters. The van der Waals surface area contributed by atoms with Gasteiger partial charge in [0.25, 0.3) is 0 Å². The SMILES string of the molecule is CCC1C=c2ccc(Cl)cc2=c2ccc3c(c21)CCC(Cc1c(C(=O)O)cccc1C(=O)O)C=3.Clc1ccccc1. The molecule has 208 valence electrons. The molecule has 6 heteroatoms. The van der Waals surface area contributed by atoms with Gasteiger partial charge < -0.3 is 10.2 Å². The van der Waals surface area contributed by atoms with Crippen LogP contribution in [0.15, 0.2) is 78.9 Å². The molecule has 4 aromatic rings. The molecule has 4 aromatic carbocycles. The first-order valence-electron chi connectivity index (χ1n) is 13.7. The first-order valence-corrected chi connectivity index (χ1v) is 14.5. The first kappa shape index (κ1) is 28.7. The van der Waals surface area contributed by atoms with E-state index in [1.54, 1.807) is 0 Å². The van der Waals surface area contributed by atoms with E-state index in [4.69, 9.17) is 23.2 Å². The number of rotatable bonds is 5. The fraction of sp³-hybridized carbons (Fsp3) is 0.200. The van der Waals surface area contributed by atoms with Gasteiger partial charge in [0, 0.05) is 16.0 Å². The van der Waals surface area contributed by atoms with Crippen LogP contribution in [-0.4, -0.2) is 22.2 Å². The van der Waals surface area contributed by atoms with E-state index in [0.717, 1.165) is 34.5 Å². The van der Waals surface area contributed by atoms with Crippen LogP contribution >= 0.6 is 23.2 Å². The second-order valence-electron chi connectivity index (χ2n) is 10.4. The Hall–Kier alpha value is -3.86. The lowest BCUT2D eigenvalue weighted by Gasteiger charge is -2.26. The summed E-state index contributed by atoms with van der Waals surface area (Å²) >= 11 is 11.9. The number of halogens is 2. The molecule has 0 aromatic heterocycles. The van der Waals surface area contributed by atoms with Gasteiger partial charge in [-0.15, -0.1) is 0 Å². The normalized spacial score (nSPS) is 16.5. The molecule has 2 N–H and O–H groups in total. The van der Waals surface area contributed by atoms with Gasteiger partial charge in [0.2, 0.25) is 0 Å². The van der Waals surface area contributed by atoms with Gasteiger partial charge in [0.1, 0.15) is 0 Å². The molecule has 2 atom stereocenters. The summed E-state index contributed by atoms with van der Waals surface area (Å²) in [4.78, 5) is 23.5. The van der Waals surface area contributed by atoms with E-state index in [2.05, 4.69) is 37.3 Å². The average Bonchev–Trinajstić information content (AvgIpc) is 2.97. The molecule has 2 aliphatic rings. The zero-order valence-corrected chi connectivity index (χ0v) is 24.1. The Balaban J connectivity index is 0.000000423. The van der Waals surface area contributed by atoms with E-state index in [-0.39, 0.29) is 17.0 Å². The minimum Gasteiger partial charge on any atom is -0.478 e. The lowest BCUT2D eigenvalue weighted by atomic mass is 9.78. The van der Waals surface area contributed by atoms with E-state index in [9.17, 15) is 19.8 Å². The van der Waals surface area contributed by atoms with Crippen LogP contribution < -0.4 is 10.4 Å². The van der Waals surface area contributed by atoms with Crippen molar-refractivity contribution in [1.29, 1.82) is 0 Å². The van der Waals surface area contributed by atoms with E-state index in [0.29, 0.717) is 17.9 Å². The molecule has 0 amide bonds. The fourth-order valence-electron chi connectivity index (χ4n) is 6.02. The Morgan fingerprint density at radius 1 is 0.780 bits per heavy atom. The van der Waals surface area contributed by atoms with Crippen molar-refractivity contribution in [2.75, 3.05) is 0 Å². The lowest BCUT2D eigenvalue weighted by molar-refractivity contribution is 0.0695. The van der Waals surface area contributed by atoms with Crippen molar-refractivity contribution >= 4 is 47.3 Å². The number of carboxylic acid groups (broad SMARTS) is 2. The molecule has 0 spiro atoms. The molecule has 2 aliphatic carbocycles. The third kappa shape index (κ3) is 6.09. The zero-order chi connectivity index (χ0) is 29.1. The van der Waals surface area contributed by atoms with E-state index < -0.39 is 11.9 Å². The topological polar surface area (TPSA) is 74.6 Å². The highest BCUT2D eigenvalue weighted by molar-refractivity contribution is 6.30. The van der Waals surface area contributed by atoms with Crippen LogP contribution in [0.1, 0.15) is 63.1 Å². The zero-order valence-electron chi connectivity index (χ0n) is 22.6. The molecule has 0 bridgehead atoms. The molecular weight excluding hydrogens is 555 g/mol. The summed E-state index contributed by atoms with van der Waals surface area (Å²) in [5.41, 5.74) is 3.24. The molecule has 6 rings (SSSR count). The van der Waals surface area contributed by atoms with Gasteiger partial charge >= 0.3 is 11.9 Å². The van der Waals surface area contributed by atoms with Crippen LogP contribution in [0.5, 0.6) is 0 Å². The van der Waals surface area contributed by atoms with Crippen LogP contribution in [0.3, 0.4) is 0 Å². The summed E-state index contributed by atoms with van der Waals surface area (Å²) in [7, 11) is 0. The fourth-order valence-corrected chi connectivity index (χ4v) is 6.33. The summed E-state index contributed by atoms with van der Waals surface area (Å²) < 4.78 is 0. The summed E-state index contributed by atoms with van der Waals surface area (Å²) in [6.45, 7) is 2.21. The quantitative estimate of drug-likeness (QED) is 0.259. The van der Waals surface area contributed by atoms with Gasteiger partial charge in [-0.05, 0) is 106 Å². The van der Waals surface area contributed by atoms with E-state index >= 15 is 0 Å². The summed E-state index contributed by atoms with van der Waals surface area (Å²) in [5.74, 6) is -1.79. The number of fused-ring (bicyclic) bond motifs is 4. The van der Waals surface area contributed by atoms with Crippen molar-refractivity contribution in [3.8, 4) is 0 Å². The van der Waals surface area contributed by atoms with E-state index in [1.165, 1.54) is 45.0 Å². The van der Waals surface area contributed by atoms with Crippen LogP contribution in [0.25, 0.3) is 12.2 Å². The highest BCUT2D eigenvalue weighted by Gasteiger charge is 2.25. The Labute approximate surface area is 248 Å². The predicted octanol–water partition coefficient (Wildman–Crippen LogP) is 7.24. The van der Waals surface area contributed by atoms with Crippen molar-refractivity contribution < 1.29 is 19.8 Å². The van der Waals surface area contributed by atoms with Crippen LogP contribution in [0.2, 0.25) is 10.0 Å². The van der Waals surface area contributed by atoms with Gasteiger partial charge in [-0.2, -0.15) is 0 Å². The van der Waals surface area contributed by atoms with Crippen molar-refractivity contribution in [2.45, 2.75) is 38.5 Å². The Morgan fingerprint density at radius 3 is 2.07 bits per heavy atom. The molecule has 0 saturated carbocycles. The first-order chi connectivity index (χ1) is 19.8. The number of hydrogen-bond donors (Lipinski definition) is 2. The molecule has 0 saturated heterocycles. The molecule has 41 heavy (non-hydrogen) atoms. The standard InChI is InChI=1S/C29H25ClO4.C6H5Cl/c1-2-17-14-19-7-9-20(30)15-25(19)22-11-8-18-12-16(6-10-21(18)27(17)22)13-26-23(28(31)32)4-3-5-24(26)29(33)34;7-6-4-2-1-3-5-6/h3-5,7-9,11-12,14-17H,2,6,10,13H2,1H3,(H,31,32)(H,33,34);1-5H. The van der Waals surface area contributed by atoms with Gasteiger partial charge in [0.15, 0.2) is 0 Å². The van der Waals surface area contributed by atoms with Gasteiger partial charge in [0.05, 0.1) is 11.1 Å². The van der Waals surface area contributed by atoms with Gasteiger partial charge in [-0.1, -0.05) is 84.7 Å².